The third-order valence-corrected chi connectivity index (χ3v) is 5.54. The van der Waals surface area contributed by atoms with Crippen LogP contribution in [0.2, 0.25) is 0 Å². The van der Waals surface area contributed by atoms with Gasteiger partial charge in [0.15, 0.2) is 0 Å². The molecule has 0 aromatic carbocycles. The molecule has 1 saturated carbocycles. The maximum Gasteiger partial charge on any atom is 0.0309 e. The molecule has 1 spiro atoms. The maximum atomic E-state index is 3.87. The van der Waals surface area contributed by atoms with Crippen LogP contribution >= 0.6 is 0 Å². The highest BCUT2D eigenvalue weighted by atomic mass is 15.3. The van der Waals surface area contributed by atoms with Gasteiger partial charge in [-0.25, -0.2) is 0 Å². The fourth-order valence-corrected chi connectivity index (χ4v) is 4.24. The Labute approximate surface area is 112 Å². The first kappa shape index (κ1) is 12.9. The average molecular weight is 251 g/mol. The molecule has 0 amide bonds. The van der Waals surface area contributed by atoms with Gasteiger partial charge in [-0.3, -0.25) is 4.90 Å². The van der Waals surface area contributed by atoms with Gasteiger partial charge in [0.05, 0.1) is 0 Å². The lowest BCUT2D eigenvalue weighted by Crippen LogP contribution is -2.65. The van der Waals surface area contributed by atoms with E-state index in [0.29, 0.717) is 5.54 Å². The second kappa shape index (κ2) is 5.10. The molecule has 2 saturated heterocycles. The minimum Gasteiger partial charge on any atom is -0.308 e. The van der Waals surface area contributed by atoms with Gasteiger partial charge in [-0.05, 0) is 52.7 Å². The Balaban J connectivity index is 1.65. The van der Waals surface area contributed by atoms with Crippen LogP contribution in [0.5, 0.6) is 0 Å². The van der Waals surface area contributed by atoms with Crippen LogP contribution in [-0.4, -0.2) is 60.6 Å². The third-order valence-electron chi connectivity index (χ3n) is 5.54. The van der Waals surface area contributed by atoms with Crippen LogP contribution in [0.4, 0.5) is 0 Å². The minimum absolute atomic E-state index is 0.482. The molecule has 1 atom stereocenters. The van der Waals surface area contributed by atoms with Crippen molar-refractivity contribution in [3.8, 4) is 0 Å². The first-order valence-corrected chi connectivity index (χ1v) is 7.88. The van der Waals surface area contributed by atoms with E-state index in [0.717, 1.165) is 12.1 Å². The zero-order chi connectivity index (χ0) is 12.6. The highest BCUT2D eigenvalue weighted by Gasteiger charge is 2.42. The lowest BCUT2D eigenvalue weighted by molar-refractivity contribution is 0.0252. The predicted molar refractivity (Wildman–Crippen MR) is 75.9 cm³/mol. The number of piperazine rings is 1. The van der Waals surface area contributed by atoms with E-state index in [1.54, 1.807) is 0 Å². The number of likely N-dealkylation sites (tertiary alicyclic amines) is 1. The van der Waals surface area contributed by atoms with Gasteiger partial charge in [0.1, 0.15) is 0 Å². The van der Waals surface area contributed by atoms with Crippen LogP contribution in [0.25, 0.3) is 0 Å². The largest absolute Gasteiger partial charge is 0.308 e. The molecule has 0 radical (unpaired) electrons. The molecule has 18 heavy (non-hydrogen) atoms. The van der Waals surface area contributed by atoms with Crippen molar-refractivity contribution in [3.63, 3.8) is 0 Å². The number of rotatable bonds is 1. The second-order valence-corrected chi connectivity index (χ2v) is 6.92. The summed E-state index contributed by atoms with van der Waals surface area (Å²) < 4.78 is 0. The van der Waals surface area contributed by atoms with Crippen molar-refractivity contribution < 1.29 is 0 Å². The number of nitrogens with zero attached hydrogens (tertiary/aromatic N) is 2. The monoisotopic (exact) mass is 251 g/mol. The summed E-state index contributed by atoms with van der Waals surface area (Å²) in [5.41, 5.74) is 0.482. The van der Waals surface area contributed by atoms with Gasteiger partial charge in [-0.15, -0.1) is 0 Å². The average Bonchev–Trinajstić information content (AvgIpc) is 2.82. The molecule has 0 aromatic rings. The van der Waals surface area contributed by atoms with Crippen molar-refractivity contribution in [2.24, 2.45) is 0 Å². The number of hydrogen-bond acceptors (Lipinski definition) is 3. The Kier molecular flexibility index (Phi) is 3.65. The van der Waals surface area contributed by atoms with Crippen LogP contribution in [0.1, 0.15) is 45.4 Å². The molecular formula is C15H29N3. The fourth-order valence-electron chi connectivity index (χ4n) is 4.24. The van der Waals surface area contributed by atoms with E-state index in [-0.39, 0.29) is 0 Å². The summed E-state index contributed by atoms with van der Waals surface area (Å²) in [6, 6.07) is 1.57. The number of hydrogen-bond donors (Lipinski definition) is 1. The second-order valence-electron chi connectivity index (χ2n) is 6.92. The molecule has 1 aliphatic carbocycles. The third kappa shape index (κ3) is 2.45. The summed E-state index contributed by atoms with van der Waals surface area (Å²) in [6.45, 7) is 7.49. The lowest BCUT2D eigenvalue weighted by Gasteiger charge is -2.50. The lowest BCUT2D eigenvalue weighted by atomic mass is 9.90. The van der Waals surface area contributed by atoms with E-state index in [1.807, 2.05) is 0 Å². The molecule has 0 aromatic heterocycles. The molecule has 3 fully saturated rings. The highest BCUT2D eigenvalue weighted by molar-refractivity contribution is 5.02. The van der Waals surface area contributed by atoms with E-state index in [2.05, 4.69) is 29.1 Å². The van der Waals surface area contributed by atoms with Crippen LogP contribution in [-0.2, 0) is 0 Å². The standard InChI is InChI=1S/C15H29N3/c1-13-11-16-15(7-3-4-8-15)12-18(13)14-5-9-17(2)10-6-14/h13-14,16H,3-12H2,1-2H3. The molecule has 0 bridgehead atoms. The molecule has 104 valence electrons. The summed E-state index contributed by atoms with van der Waals surface area (Å²) >= 11 is 0. The van der Waals surface area contributed by atoms with E-state index in [9.17, 15) is 0 Å². The molecule has 3 rings (SSSR count). The highest BCUT2D eigenvalue weighted by Crippen LogP contribution is 2.34. The Morgan fingerprint density at radius 3 is 2.44 bits per heavy atom. The summed E-state index contributed by atoms with van der Waals surface area (Å²) in [5, 5.41) is 3.87. The molecule has 3 heteroatoms. The van der Waals surface area contributed by atoms with Gasteiger partial charge >= 0.3 is 0 Å². The van der Waals surface area contributed by atoms with Gasteiger partial charge in [-0.1, -0.05) is 12.8 Å². The van der Waals surface area contributed by atoms with E-state index in [1.165, 1.54) is 64.7 Å². The maximum absolute atomic E-state index is 3.87. The molecule has 3 aliphatic rings. The molecule has 2 heterocycles. The van der Waals surface area contributed by atoms with Crippen molar-refractivity contribution in [3.05, 3.63) is 0 Å². The van der Waals surface area contributed by atoms with Gasteiger partial charge < -0.3 is 10.2 Å². The topological polar surface area (TPSA) is 18.5 Å². The van der Waals surface area contributed by atoms with Crippen molar-refractivity contribution >= 4 is 0 Å². The Morgan fingerprint density at radius 2 is 1.78 bits per heavy atom. The van der Waals surface area contributed by atoms with Gasteiger partial charge in [0, 0.05) is 30.7 Å². The van der Waals surface area contributed by atoms with E-state index < -0.39 is 0 Å². The van der Waals surface area contributed by atoms with E-state index in [4.69, 9.17) is 0 Å². The Morgan fingerprint density at radius 1 is 1.11 bits per heavy atom. The Hall–Kier alpha value is -0.120. The molecule has 3 nitrogen and oxygen atoms in total. The van der Waals surface area contributed by atoms with Crippen molar-refractivity contribution in [2.45, 2.75) is 63.1 Å². The summed E-state index contributed by atoms with van der Waals surface area (Å²) in [5.74, 6) is 0. The first-order valence-electron chi connectivity index (χ1n) is 7.88. The molecule has 2 aliphatic heterocycles. The van der Waals surface area contributed by atoms with Crippen LogP contribution in [0, 0.1) is 0 Å². The first-order chi connectivity index (χ1) is 8.69. The summed E-state index contributed by atoms with van der Waals surface area (Å²) in [7, 11) is 2.26. The number of piperidine rings is 1. The predicted octanol–water partition coefficient (Wildman–Crippen LogP) is 1.69. The summed E-state index contributed by atoms with van der Waals surface area (Å²) in [4.78, 5) is 5.32. The molecular weight excluding hydrogens is 222 g/mol. The van der Waals surface area contributed by atoms with Crippen LogP contribution in [0.3, 0.4) is 0 Å². The van der Waals surface area contributed by atoms with Crippen molar-refractivity contribution in [2.75, 3.05) is 33.2 Å². The summed E-state index contributed by atoms with van der Waals surface area (Å²) in [6.07, 6.45) is 8.42. The molecule has 1 unspecified atom stereocenters. The molecule has 1 N–H and O–H groups in total. The Bertz CT molecular complexity index is 277. The minimum atomic E-state index is 0.482. The zero-order valence-electron chi connectivity index (χ0n) is 12.1. The van der Waals surface area contributed by atoms with Crippen molar-refractivity contribution in [1.29, 1.82) is 0 Å². The van der Waals surface area contributed by atoms with Crippen LogP contribution in [0.15, 0.2) is 0 Å². The van der Waals surface area contributed by atoms with Gasteiger partial charge in [0.25, 0.3) is 0 Å². The van der Waals surface area contributed by atoms with Crippen molar-refractivity contribution in [1.82, 2.24) is 15.1 Å². The van der Waals surface area contributed by atoms with Gasteiger partial charge in [-0.2, -0.15) is 0 Å². The quantitative estimate of drug-likeness (QED) is 0.765. The fraction of sp³-hybridized carbons (Fsp3) is 1.00. The normalized spacial score (nSPS) is 35.3. The SMILES string of the molecule is CC1CNC2(CCCC2)CN1C1CCN(C)CC1. The number of nitrogens with one attached hydrogen (secondary N) is 1. The zero-order valence-corrected chi connectivity index (χ0v) is 12.1. The van der Waals surface area contributed by atoms with Crippen LogP contribution < -0.4 is 5.32 Å². The smallest absolute Gasteiger partial charge is 0.0309 e. The van der Waals surface area contributed by atoms with E-state index >= 15 is 0 Å². The van der Waals surface area contributed by atoms with Gasteiger partial charge in [0.2, 0.25) is 0 Å².